The molecule has 0 aromatic heterocycles. The number of benzene rings is 2. The van der Waals surface area contributed by atoms with E-state index in [1.807, 2.05) is 6.07 Å². The minimum Gasteiger partial charge on any atom is -0.336 e. The van der Waals surface area contributed by atoms with Crippen LogP contribution < -0.4 is 4.90 Å². The standard InChI is InChI=1S/C15H11Br2N/c16-12-7-8-13(17)15(10-12)18-9-3-5-11-4-1-2-6-14(11)18/h1-8,10H,9H2. The molecule has 0 spiro atoms. The summed E-state index contributed by atoms with van der Waals surface area (Å²) >= 11 is 7.17. The van der Waals surface area contributed by atoms with Crippen LogP contribution in [0.15, 0.2) is 57.5 Å². The molecule has 0 atom stereocenters. The minimum atomic E-state index is 0.895. The molecule has 1 heterocycles. The Morgan fingerprint density at radius 1 is 0.944 bits per heavy atom. The predicted molar refractivity (Wildman–Crippen MR) is 84.3 cm³/mol. The molecule has 0 bridgehead atoms. The Balaban J connectivity index is 2.13. The minimum absolute atomic E-state index is 0.895. The SMILES string of the molecule is Brc1ccc(Br)c(N2CC=Cc3ccccc32)c1. The zero-order valence-electron chi connectivity index (χ0n) is 9.61. The molecule has 1 nitrogen and oxygen atoms in total. The lowest BCUT2D eigenvalue weighted by molar-refractivity contribution is 1.08. The quantitative estimate of drug-likeness (QED) is 0.656. The largest absolute Gasteiger partial charge is 0.336 e. The van der Waals surface area contributed by atoms with Crippen molar-refractivity contribution in [2.75, 3.05) is 11.4 Å². The number of hydrogen-bond acceptors (Lipinski definition) is 1. The highest BCUT2D eigenvalue weighted by molar-refractivity contribution is 9.11. The first-order valence-corrected chi connectivity index (χ1v) is 7.32. The Kier molecular flexibility index (Phi) is 3.27. The monoisotopic (exact) mass is 363 g/mol. The van der Waals surface area contributed by atoms with E-state index in [0.717, 1.165) is 15.5 Å². The summed E-state index contributed by atoms with van der Waals surface area (Å²) < 4.78 is 2.20. The third kappa shape index (κ3) is 2.13. The van der Waals surface area contributed by atoms with Gasteiger partial charge >= 0.3 is 0 Å². The summed E-state index contributed by atoms with van der Waals surface area (Å²) in [5.41, 5.74) is 3.69. The van der Waals surface area contributed by atoms with E-state index in [0.29, 0.717) is 0 Å². The van der Waals surface area contributed by atoms with Crippen molar-refractivity contribution in [3.63, 3.8) is 0 Å². The van der Waals surface area contributed by atoms with Gasteiger partial charge in [0.2, 0.25) is 0 Å². The van der Waals surface area contributed by atoms with Crippen molar-refractivity contribution in [1.82, 2.24) is 0 Å². The highest BCUT2D eigenvalue weighted by atomic mass is 79.9. The van der Waals surface area contributed by atoms with E-state index in [1.54, 1.807) is 0 Å². The summed E-state index contributed by atoms with van der Waals surface area (Å²) in [6.45, 7) is 0.895. The van der Waals surface area contributed by atoms with Gasteiger partial charge in [0.1, 0.15) is 0 Å². The van der Waals surface area contributed by atoms with Gasteiger partial charge in [-0.25, -0.2) is 0 Å². The number of nitrogens with zero attached hydrogens (tertiary/aromatic N) is 1. The highest BCUT2D eigenvalue weighted by Crippen LogP contribution is 2.37. The Labute approximate surface area is 123 Å². The fourth-order valence-electron chi connectivity index (χ4n) is 2.18. The first-order valence-electron chi connectivity index (χ1n) is 5.74. The van der Waals surface area contributed by atoms with Crippen LogP contribution in [0, 0.1) is 0 Å². The fraction of sp³-hybridized carbons (Fsp3) is 0.0667. The van der Waals surface area contributed by atoms with E-state index in [9.17, 15) is 0 Å². The third-order valence-corrected chi connectivity index (χ3v) is 4.18. The van der Waals surface area contributed by atoms with Crippen LogP contribution in [-0.2, 0) is 0 Å². The number of rotatable bonds is 1. The molecule has 0 saturated heterocycles. The van der Waals surface area contributed by atoms with Crippen LogP contribution in [0.2, 0.25) is 0 Å². The molecule has 1 aliphatic heterocycles. The molecule has 0 fully saturated rings. The van der Waals surface area contributed by atoms with Crippen molar-refractivity contribution in [1.29, 1.82) is 0 Å². The zero-order chi connectivity index (χ0) is 12.5. The predicted octanol–water partition coefficient (Wildman–Crippen LogP) is 5.38. The van der Waals surface area contributed by atoms with E-state index in [1.165, 1.54) is 16.9 Å². The lowest BCUT2D eigenvalue weighted by Crippen LogP contribution is -2.20. The van der Waals surface area contributed by atoms with Crippen LogP contribution in [0.3, 0.4) is 0 Å². The molecule has 0 aliphatic carbocycles. The molecule has 0 N–H and O–H groups in total. The van der Waals surface area contributed by atoms with Gasteiger partial charge in [-0.2, -0.15) is 0 Å². The van der Waals surface area contributed by atoms with E-state index >= 15 is 0 Å². The summed E-state index contributed by atoms with van der Waals surface area (Å²) in [6, 6.07) is 14.7. The smallest absolute Gasteiger partial charge is 0.0569 e. The summed E-state index contributed by atoms with van der Waals surface area (Å²) in [6.07, 6.45) is 4.37. The molecule has 90 valence electrons. The second-order valence-corrected chi connectivity index (χ2v) is 5.94. The van der Waals surface area contributed by atoms with E-state index in [2.05, 4.69) is 85.3 Å². The van der Waals surface area contributed by atoms with Gasteiger partial charge in [0.15, 0.2) is 0 Å². The van der Waals surface area contributed by atoms with Crippen molar-refractivity contribution in [3.8, 4) is 0 Å². The third-order valence-electron chi connectivity index (χ3n) is 3.01. The molecule has 0 amide bonds. The Morgan fingerprint density at radius 3 is 2.67 bits per heavy atom. The van der Waals surface area contributed by atoms with Gasteiger partial charge in [-0.3, -0.25) is 0 Å². The number of halogens is 2. The number of hydrogen-bond donors (Lipinski definition) is 0. The van der Waals surface area contributed by atoms with Crippen molar-refractivity contribution in [3.05, 3.63) is 63.0 Å². The van der Waals surface area contributed by atoms with Gasteiger partial charge in [-0.1, -0.05) is 46.3 Å². The lowest BCUT2D eigenvalue weighted by atomic mass is 10.1. The van der Waals surface area contributed by atoms with E-state index in [4.69, 9.17) is 0 Å². The van der Waals surface area contributed by atoms with Crippen molar-refractivity contribution >= 4 is 49.3 Å². The van der Waals surface area contributed by atoms with Crippen molar-refractivity contribution in [2.45, 2.75) is 0 Å². The van der Waals surface area contributed by atoms with Crippen LogP contribution in [0.1, 0.15) is 5.56 Å². The second-order valence-electron chi connectivity index (χ2n) is 4.17. The molecule has 2 aromatic carbocycles. The Bertz CT molecular complexity index is 620. The van der Waals surface area contributed by atoms with Crippen LogP contribution in [-0.4, -0.2) is 6.54 Å². The van der Waals surface area contributed by atoms with Gasteiger partial charge < -0.3 is 4.90 Å². The molecule has 0 unspecified atom stereocenters. The van der Waals surface area contributed by atoms with Crippen LogP contribution in [0.4, 0.5) is 11.4 Å². The molecule has 3 rings (SSSR count). The normalized spacial score (nSPS) is 13.6. The Hall–Kier alpha value is -1.06. The summed E-state index contributed by atoms with van der Waals surface area (Å²) in [4.78, 5) is 2.31. The number of anilines is 2. The maximum absolute atomic E-state index is 3.63. The maximum atomic E-state index is 3.63. The summed E-state index contributed by atoms with van der Waals surface area (Å²) in [5.74, 6) is 0. The van der Waals surface area contributed by atoms with Gasteiger partial charge in [0, 0.05) is 21.2 Å². The highest BCUT2D eigenvalue weighted by Gasteiger charge is 2.16. The fourth-order valence-corrected chi connectivity index (χ4v) is 2.99. The summed E-state index contributed by atoms with van der Waals surface area (Å²) in [7, 11) is 0. The first kappa shape index (κ1) is 12.0. The number of fused-ring (bicyclic) bond motifs is 1. The number of para-hydroxylation sites is 1. The summed E-state index contributed by atoms with van der Waals surface area (Å²) in [5, 5.41) is 0. The Morgan fingerprint density at radius 2 is 1.78 bits per heavy atom. The van der Waals surface area contributed by atoms with Crippen LogP contribution in [0.5, 0.6) is 0 Å². The first-order chi connectivity index (χ1) is 8.75. The molecule has 3 heteroatoms. The molecular formula is C15H11Br2N. The van der Waals surface area contributed by atoms with Crippen LogP contribution in [0.25, 0.3) is 6.08 Å². The van der Waals surface area contributed by atoms with Gasteiger partial charge in [-0.05, 0) is 45.8 Å². The zero-order valence-corrected chi connectivity index (χ0v) is 12.8. The molecule has 2 aromatic rings. The molecule has 18 heavy (non-hydrogen) atoms. The van der Waals surface area contributed by atoms with E-state index < -0.39 is 0 Å². The topological polar surface area (TPSA) is 3.24 Å². The molecule has 1 aliphatic rings. The van der Waals surface area contributed by atoms with Gasteiger partial charge in [0.25, 0.3) is 0 Å². The lowest BCUT2D eigenvalue weighted by Gasteiger charge is -2.29. The second kappa shape index (κ2) is 4.90. The average molecular weight is 365 g/mol. The van der Waals surface area contributed by atoms with Gasteiger partial charge in [-0.15, -0.1) is 0 Å². The maximum Gasteiger partial charge on any atom is 0.0569 e. The van der Waals surface area contributed by atoms with Crippen LogP contribution >= 0.6 is 31.9 Å². The van der Waals surface area contributed by atoms with Crippen molar-refractivity contribution in [2.24, 2.45) is 0 Å². The van der Waals surface area contributed by atoms with Crippen molar-refractivity contribution < 1.29 is 0 Å². The molecule has 0 radical (unpaired) electrons. The molecule has 0 saturated carbocycles. The van der Waals surface area contributed by atoms with E-state index in [-0.39, 0.29) is 0 Å². The van der Waals surface area contributed by atoms with Gasteiger partial charge in [0.05, 0.1) is 5.69 Å². The molecular weight excluding hydrogens is 354 g/mol. The average Bonchev–Trinajstić information content (AvgIpc) is 2.41.